The Hall–Kier alpha value is -1.78. The van der Waals surface area contributed by atoms with Gasteiger partial charge in [-0.1, -0.05) is 29.8 Å². The fourth-order valence-corrected chi connectivity index (χ4v) is 2.70. The summed E-state index contributed by atoms with van der Waals surface area (Å²) < 4.78 is 0. The molecule has 0 fully saturated rings. The fourth-order valence-electron chi connectivity index (χ4n) is 2.26. The van der Waals surface area contributed by atoms with Crippen LogP contribution in [-0.4, -0.2) is 25.2 Å². The Balaban J connectivity index is 1.71. The van der Waals surface area contributed by atoms with E-state index >= 15 is 0 Å². The van der Waals surface area contributed by atoms with Crippen LogP contribution in [0.5, 0.6) is 0 Å². The first-order chi connectivity index (χ1) is 11.1. The molecule has 0 unspecified atom stereocenters. The highest BCUT2D eigenvalue weighted by atomic mass is 35.5. The minimum absolute atomic E-state index is 0.637. The van der Waals surface area contributed by atoms with Crippen molar-refractivity contribution in [1.29, 1.82) is 0 Å². The number of nitrogens with zero attached hydrogens (tertiary/aromatic N) is 1. The normalized spacial score (nSPS) is 10.2. The molecule has 0 atom stereocenters. The predicted octanol–water partition coefficient (Wildman–Crippen LogP) is 4.46. The van der Waals surface area contributed by atoms with Gasteiger partial charge >= 0.3 is 0 Å². The molecule has 2 N–H and O–H groups in total. The SMILES string of the molecule is Cc1cc(Cl)ccc1NC(=S)NCCCN(C)c1ccccc1. The van der Waals surface area contributed by atoms with Crippen molar-refractivity contribution in [3.8, 4) is 0 Å². The van der Waals surface area contributed by atoms with E-state index in [1.807, 2.05) is 31.2 Å². The Morgan fingerprint density at radius 1 is 1.17 bits per heavy atom. The molecular weight excluding hydrogens is 326 g/mol. The Morgan fingerprint density at radius 2 is 1.91 bits per heavy atom. The second-order valence-electron chi connectivity index (χ2n) is 5.45. The monoisotopic (exact) mass is 347 g/mol. The first-order valence-corrected chi connectivity index (χ1v) is 8.42. The van der Waals surface area contributed by atoms with Gasteiger partial charge in [0.05, 0.1) is 0 Å². The lowest BCUT2D eigenvalue weighted by Gasteiger charge is -2.19. The Morgan fingerprint density at radius 3 is 2.61 bits per heavy atom. The highest BCUT2D eigenvalue weighted by Gasteiger charge is 2.03. The van der Waals surface area contributed by atoms with Crippen LogP contribution in [0.3, 0.4) is 0 Å². The van der Waals surface area contributed by atoms with Crippen LogP contribution in [0, 0.1) is 6.92 Å². The van der Waals surface area contributed by atoms with Crippen molar-refractivity contribution in [2.45, 2.75) is 13.3 Å². The van der Waals surface area contributed by atoms with Gasteiger partial charge in [0, 0.05) is 36.5 Å². The number of hydrogen-bond acceptors (Lipinski definition) is 2. The van der Waals surface area contributed by atoms with Gasteiger partial charge in [-0.2, -0.15) is 0 Å². The van der Waals surface area contributed by atoms with Crippen LogP contribution in [0.2, 0.25) is 5.02 Å². The van der Waals surface area contributed by atoms with Crippen LogP contribution in [0.25, 0.3) is 0 Å². The van der Waals surface area contributed by atoms with Crippen molar-refractivity contribution >= 4 is 40.3 Å². The maximum atomic E-state index is 5.96. The van der Waals surface area contributed by atoms with E-state index in [9.17, 15) is 0 Å². The molecule has 2 rings (SSSR count). The van der Waals surface area contributed by atoms with E-state index in [0.717, 1.165) is 35.8 Å². The van der Waals surface area contributed by atoms with E-state index in [-0.39, 0.29) is 0 Å². The number of rotatable bonds is 6. The first kappa shape index (κ1) is 17.6. The standard InChI is InChI=1S/C18H22ClN3S/c1-14-13-15(19)9-10-17(14)21-18(23)20-11-6-12-22(2)16-7-4-3-5-8-16/h3-5,7-10,13H,6,11-12H2,1-2H3,(H2,20,21,23). The molecule has 0 amide bonds. The van der Waals surface area contributed by atoms with E-state index in [0.29, 0.717) is 5.11 Å². The zero-order valence-electron chi connectivity index (χ0n) is 13.5. The molecule has 0 saturated heterocycles. The Labute approximate surface area is 148 Å². The van der Waals surface area contributed by atoms with Crippen LogP contribution in [0.1, 0.15) is 12.0 Å². The number of hydrogen-bond donors (Lipinski definition) is 2. The third kappa shape index (κ3) is 5.73. The molecule has 0 spiro atoms. The summed E-state index contributed by atoms with van der Waals surface area (Å²) >= 11 is 11.3. The van der Waals surface area contributed by atoms with Gasteiger partial charge in [0.15, 0.2) is 5.11 Å². The molecule has 2 aromatic carbocycles. The van der Waals surface area contributed by atoms with E-state index < -0.39 is 0 Å². The van der Waals surface area contributed by atoms with Crippen molar-refractivity contribution in [1.82, 2.24) is 5.32 Å². The van der Waals surface area contributed by atoms with E-state index in [1.54, 1.807) is 0 Å². The molecule has 0 aromatic heterocycles. The van der Waals surface area contributed by atoms with Gasteiger partial charge in [0.25, 0.3) is 0 Å². The zero-order valence-corrected chi connectivity index (χ0v) is 15.0. The molecule has 3 nitrogen and oxygen atoms in total. The molecule has 0 bridgehead atoms. The number of anilines is 2. The summed E-state index contributed by atoms with van der Waals surface area (Å²) in [6.45, 7) is 3.81. The van der Waals surface area contributed by atoms with Gasteiger partial charge in [-0.3, -0.25) is 0 Å². The van der Waals surface area contributed by atoms with Crippen molar-refractivity contribution in [3.63, 3.8) is 0 Å². The molecule has 0 saturated carbocycles. The molecule has 0 aliphatic heterocycles. The molecule has 23 heavy (non-hydrogen) atoms. The molecular formula is C18H22ClN3S. The maximum Gasteiger partial charge on any atom is 0.170 e. The average Bonchev–Trinajstić information content (AvgIpc) is 2.55. The van der Waals surface area contributed by atoms with Crippen molar-refractivity contribution in [3.05, 3.63) is 59.1 Å². The van der Waals surface area contributed by atoms with Gasteiger partial charge in [0.2, 0.25) is 0 Å². The highest BCUT2D eigenvalue weighted by molar-refractivity contribution is 7.80. The van der Waals surface area contributed by atoms with Crippen molar-refractivity contribution in [2.24, 2.45) is 0 Å². The minimum atomic E-state index is 0.637. The van der Waals surface area contributed by atoms with Gasteiger partial charge in [-0.05, 0) is 61.5 Å². The maximum absolute atomic E-state index is 5.96. The predicted molar refractivity (Wildman–Crippen MR) is 105 cm³/mol. The molecule has 0 aliphatic carbocycles. The van der Waals surface area contributed by atoms with E-state index in [2.05, 4.69) is 46.8 Å². The third-order valence-electron chi connectivity index (χ3n) is 3.59. The number of thiocarbonyl (C=S) groups is 1. The Kier molecular flexibility index (Phi) is 6.68. The molecule has 0 aliphatic rings. The lowest BCUT2D eigenvalue weighted by atomic mass is 10.2. The molecule has 5 heteroatoms. The van der Waals surface area contributed by atoms with Crippen LogP contribution in [0.4, 0.5) is 11.4 Å². The summed E-state index contributed by atoms with van der Waals surface area (Å²) in [5, 5.41) is 7.81. The van der Waals surface area contributed by atoms with Crippen molar-refractivity contribution in [2.75, 3.05) is 30.4 Å². The van der Waals surface area contributed by atoms with Crippen molar-refractivity contribution < 1.29 is 0 Å². The lowest BCUT2D eigenvalue weighted by molar-refractivity contribution is 0.755. The van der Waals surface area contributed by atoms with Crippen LogP contribution < -0.4 is 15.5 Å². The largest absolute Gasteiger partial charge is 0.375 e. The summed E-state index contributed by atoms with van der Waals surface area (Å²) in [5.74, 6) is 0. The highest BCUT2D eigenvalue weighted by Crippen LogP contribution is 2.19. The lowest BCUT2D eigenvalue weighted by Crippen LogP contribution is -2.31. The molecule has 0 heterocycles. The molecule has 122 valence electrons. The average molecular weight is 348 g/mol. The van der Waals surface area contributed by atoms with Crippen LogP contribution in [0.15, 0.2) is 48.5 Å². The van der Waals surface area contributed by atoms with Gasteiger partial charge in [-0.25, -0.2) is 0 Å². The summed E-state index contributed by atoms with van der Waals surface area (Å²) in [4.78, 5) is 2.24. The number of para-hydroxylation sites is 1. The number of halogens is 1. The number of nitrogens with one attached hydrogen (secondary N) is 2. The first-order valence-electron chi connectivity index (χ1n) is 7.63. The second kappa shape index (κ2) is 8.75. The number of aryl methyl sites for hydroxylation is 1. The Bertz CT molecular complexity index is 646. The smallest absolute Gasteiger partial charge is 0.170 e. The third-order valence-corrected chi connectivity index (χ3v) is 4.07. The van der Waals surface area contributed by atoms with Crippen LogP contribution in [-0.2, 0) is 0 Å². The van der Waals surface area contributed by atoms with Crippen LogP contribution >= 0.6 is 23.8 Å². The quantitative estimate of drug-likeness (QED) is 0.596. The molecule has 2 aromatic rings. The van der Waals surface area contributed by atoms with E-state index in [4.69, 9.17) is 23.8 Å². The fraction of sp³-hybridized carbons (Fsp3) is 0.278. The summed E-state index contributed by atoms with van der Waals surface area (Å²) in [6.07, 6.45) is 1.01. The molecule has 0 radical (unpaired) electrons. The summed E-state index contributed by atoms with van der Waals surface area (Å²) in [6, 6.07) is 16.1. The summed E-state index contributed by atoms with van der Waals surface area (Å²) in [7, 11) is 2.10. The minimum Gasteiger partial charge on any atom is -0.375 e. The van der Waals surface area contributed by atoms with Gasteiger partial charge in [0.1, 0.15) is 0 Å². The zero-order chi connectivity index (χ0) is 16.7. The topological polar surface area (TPSA) is 27.3 Å². The van der Waals surface area contributed by atoms with Gasteiger partial charge < -0.3 is 15.5 Å². The van der Waals surface area contributed by atoms with Gasteiger partial charge in [-0.15, -0.1) is 0 Å². The summed E-state index contributed by atoms with van der Waals surface area (Å²) in [5.41, 5.74) is 3.28. The van der Waals surface area contributed by atoms with E-state index in [1.165, 1.54) is 5.69 Å². The second-order valence-corrected chi connectivity index (χ2v) is 6.30. The number of benzene rings is 2.